The topological polar surface area (TPSA) is 26.0 Å². The summed E-state index contributed by atoms with van der Waals surface area (Å²) in [6, 6.07) is 0.388. The molecule has 1 heteroatoms. The fourth-order valence-corrected chi connectivity index (χ4v) is 1.21. The largest absolute Gasteiger partial charge is 0.327 e. The lowest BCUT2D eigenvalue weighted by Gasteiger charge is -2.07. The third kappa shape index (κ3) is 7.80. The normalized spacial score (nSPS) is 13.9. The lowest BCUT2D eigenvalue weighted by molar-refractivity contribution is 0.563. The first kappa shape index (κ1) is 11.7. The van der Waals surface area contributed by atoms with Crippen LogP contribution in [-0.4, -0.2) is 6.04 Å². The number of allylic oxidation sites excluding steroid dienone is 1. The summed E-state index contributed by atoms with van der Waals surface area (Å²) >= 11 is 0. The van der Waals surface area contributed by atoms with Gasteiger partial charge in [-0.05, 0) is 19.3 Å². The van der Waals surface area contributed by atoms with Crippen molar-refractivity contribution in [3.05, 3.63) is 12.2 Å². The van der Waals surface area contributed by atoms with Crippen LogP contribution in [0.15, 0.2) is 12.2 Å². The summed E-state index contributed by atoms with van der Waals surface area (Å²) < 4.78 is 0. The number of rotatable bonds is 7. The van der Waals surface area contributed by atoms with E-state index in [-0.39, 0.29) is 0 Å². The molecule has 0 aromatic heterocycles. The molecule has 72 valence electrons. The minimum absolute atomic E-state index is 0.388. The molecule has 0 aromatic rings. The maximum atomic E-state index is 5.90. The van der Waals surface area contributed by atoms with Crippen molar-refractivity contribution in [1.82, 2.24) is 0 Å². The summed E-state index contributed by atoms with van der Waals surface area (Å²) in [6.07, 6.45) is 11.7. The van der Waals surface area contributed by atoms with E-state index < -0.39 is 0 Å². The smallest absolute Gasteiger partial charge is 0.00734 e. The standard InChI is InChI=1S/C11H23N/c1-3-5-7-9-11(12)10-8-6-4-2/h5,7,11H,3-4,6,8-10,12H2,1-2H3/b7-5-. The van der Waals surface area contributed by atoms with E-state index in [9.17, 15) is 0 Å². The highest BCUT2D eigenvalue weighted by Crippen LogP contribution is 2.04. The van der Waals surface area contributed by atoms with E-state index in [0.717, 1.165) is 12.8 Å². The molecule has 1 atom stereocenters. The van der Waals surface area contributed by atoms with E-state index in [4.69, 9.17) is 5.73 Å². The first-order valence-corrected chi connectivity index (χ1v) is 5.21. The fourth-order valence-electron chi connectivity index (χ4n) is 1.21. The highest BCUT2D eigenvalue weighted by atomic mass is 14.6. The number of hydrogen-bond acceptors (Lipinski definition) is 1. The Kier molecular flexibility index (Phi) is 8.57. The molecule has 0 spiro atoms. The molecule has 0 aliphatic rings. The number of unbranched alkanes of at least 4 members (excludes halogenated alkanes) is 2. The molecule has 2 N–H and O–H groups in total. The molecule has 0 aliphatic carbocycles. The van der Waals surface area contributed by atoms with Crippen molar-refractivity contribution < 1.29 is 0 Å². The Bertz CT molecular complexity index is 108. The minimum Gasteiger partial charge on any atom is -0.327 e. The van der Waals surface area contributed by atoms with Crippen LogP contribution in [-0.2, 0) is 0 Å². The summed E-state index contributed by atoms with van der Waals surface area (Å²) in [5.41, 5.74) is 5.90. The van der Waals surface area contributed by atoms with Gasteiger partial charge in [-0.2, -0.15) is 0 Å². The number of nitrogens with two attached hydrogens (primary N) is 1. The van der Waals surface area contributed by atoms with Crippen LogP contribution in [0.5, 0.6) is 0 Å². The van der Waals surface area contributed by atoms with Crippen LogP contribution in [0.2, 0.25) is 0 Å². The van der Waals surface area contributed by atoms with Crippen molar-refractivity contribution in [2.75, 3.05) is 0 Å². The molecule has 0 fully saturated rings. The van der Waals surface area contributed by atoms with Crippen molar-refractivity contribution in [2.24, 2.45) is 5.73 Å². The molecular weight excluding hydrogens is 146 g/mol. The Morgan fingerprint density at radius 3 is 2.50 bits per heavy atom. The first-order chi connectivity index (χ1) is 5.81. The molecule has 0 heterocycles. The van der Waals surface area contributed by atoms with Crippen molar-refractivity contribution in [2.45, 2.75) is 58.4 Å². The molecule has 1 unspecified atom stereocenters. The predicted molar refractivity (Wildman–Crippen MR) is 56.2 cm³/mol. The van der Waals surface area contributed by atoms with Gasteiger partial charge in [-0.3, -0.25) is 0 Å². The lowest BCUT2D eigenvalue weighted by Crippen LogP contribution is -2.18. The molecule has 0 bridgehead atoms. The molecule has 0 amide bonds. The van der Waals surface area contributed by atoms with Crippen LogP contribution in [0.25, 0.3) is 0 Å². The Labute approximate surface area is 77.0 Å². The van der Waals surface area contributed by atoms with Crippen molar-refractivity contribution in [3.8, 4) is 0 Å². The fraction of sp³-hybridized carbons (Fsp3) is 0.818. The zero-order valence-electron chi connectivity index (χ0n) is 8.55. The molecule has 1 nitrogen and oxygen atoms in total. The van der Waals surface area contributed by atoms with Gasteiger partial charge < -0.3 is 5.73 Å². The van der Waals surface area contributed by atoms with Crippen LogP contribution >= 0.6 is 0 Å². The van der Waals surface area contributed by atoms with E-state index in [2.05, 4.69) is 26.0 Å². The second-order valence-electron chi connectivity index (χ2n) is 3.37. The number of hydrogen-bond donors (Lipinski definition) is 1. The van der Waals surface area contributed by atoms with Gasteiger partial charge in [-0.1, -0.05) is 45.3 Å². The molecule has 0 rings (SSSR count). The maximum Gasteiger partial charge on any atom is 0.00734 e. The van der Waals surface area contributed by atoms with E-state index in [1.54, 1.807) is 0 Å². The third-order valence-corrected chi connectivity index (χ3v) is 2.02. The molecule has 0 saturated carbocycles. The summed E-state index contributed by atoms with van der Waals surface area (Å²) in [7, 11) is 0. The average molecular weight is 169 g/mol. The van der Waals surface area contributed by atoms with Crippen LogP contribution in [0.1, 0.15) is 52.4 Å². The van der Waals surface area contributed by atoms with Gasteiger partial charge >= 0.3 is 0 Å². The van der Waals surface area contributed by atoms with E-state index in [0.29, 0.717) is 6.04 Å². The van der Waals surface area contributed by atoms with E-state index >= 15 is 0 Å². The third-order valence-electron chi connectivity index (χ3n) is 2.02. The maximum absolute atomic E-state index is 5.90. The molecular formula is C11H23N. The van der Waals surface area contributed by atoms with Gasteiger partial charge in [0.2, 0.25) is 0 Å². The zero-order valence-corrected chi connectivity index (χ0v) is 8.55. The van der Waals surface area contributed by atoms with Gasteiger partial charge in [-0.25, -0.2) is 0 Å². The van der Waals surface area contributed by atoms with Crippen LogP contribution in [0.4, 0.5) is 0 Å². The lowest BCUT2D eigenvalue weighted by atomic mass is 10.1. The van der Waals surface area contributed by atoms with Crippen LogP contribution in [0.3, 0.4) is 0 Å². The summed E-state index contributed by atoms with van der Waals surface area (Å²) in [5, 5.41) is 0. The predicted octanol–water partition coefficient (Wildman–Crippen LogP) is 3.25. The second kappa shape index (κ2) is 8.79. The summed E-state index contributed by atoms with van der Waals surface area (Å²) in [5.74, 6) is 0. The van der Waals surface area contributed by atoms with E-state index in [1.165, 1.54) is 25.7 Å². The van der Waals surface area contributed by atoms with Gasteiger partial charge in [0.15, 0.2) is 0 Å². The highest BCUT2D eigenvalue weighted by Gasteiger charge is 1.97. The van der Waals surface area contributed by atoms with Gasteiger partial charge in [0.25, 0.3) is 0 Å². The Hall–Kier alpha value is -0.300. The van der Waals surface area contributed by atoms with E-state index in [1.807, 2.05) is 0 Å². The first-order valence-electron chi connectivity index (χ1n) is 5.21. The van der Waals surface area contributed by atoms with Crippen molar-refractivity contribution in [1.29, 1.82) is 0 Å². The zero-order chi connectivity index (χ0) is 9.23. The van der Waals surface area contributed by atoms with Gasteiger partial charge in [0.1, 0.15) is 0 Å². The molecule has 0 radical (unpaired) electrons. The molecule has 0 saturated heterocycles. The van der Waals surface area contributed by atoms with Crippen molar-refractivity contribution in [3.63, 3.8) is 0 Å². The van der Waals surface area contributed by atoms with Gasteiger partial charge in [0, 0.05) is 6.04 Å². The van der Waals surface area contributed by atoms with Crippen LogP contribution in [0, 0.1) is 0 Å². The van der Waals surface area contributed by atoms with Crippen LogP contribution < -0.4 is 5.73 Å². The average Bonchev–Trinajstić information content (AvgIpc) is 2.06. The van der Waals surface area contributed by atoms with Gasteiger partial charge in [-0.15, -0.1) is 0 Å². The Morgan fingerprint density at radius 1 is 1.17 bits per heavy atom. The Morgan fingerprint density at radius 2 is 1.92 bits per heavy atom. The summed E-state index contributed by atoms with van der Waals surface area (Å²) in [4.78, 5) is 0. The monoisotopic (exact) mass is 169 g/mol. The molecule has 0 aromatic carbocycles. The van der Waals surface area contributed by atoms with Crippen molar-refractivity contribution >= 4 is 0 Å². The molecule has 0 aliphatic heterocycles. The highest BCUT2D eigenvalue weighted by molar-refractivity contribution is 4.84. The minimum atomic E-state index is 0.388. The SMILES string of the molecule is CC/C=C\CC(N)CCCCC. The Balaban J connectivity index is 3.21. The second-order valence-corrected chi connectivity index (χ2v) is 3.37. The van der Waals surface area contributed by atoms with Gasteiger partial charge in [0.05, 0.1) is 0 Å². The molecule has 12 heavy (non-hydrogen) atoms. The summed E-state index contributed by atoms with van der Waals surface area (Å²) in [6.45, 7) is 4.38. The quantitative estimate of drug-likeness (QED) is 0.459.